The minimum Gasteiger partial charge on any atom is -0.404 e. The van der Waals surface area contributed by atoms with Gasteiger partial charge in [-0.3, -0.25) is 4.98 Å². The quantitative estimate of drug-likeness (QED) is 0.895. The maximum Gasteiger partial charge on any atom is 0.573 e. The first-order valence-corrected chi connectivity index (χ1v) is 8.36. The van der Waals surface area contributed by atoms with Crippen LogP contribution in [0, 0.1) is 0 Å². The Morgan fingerprint density at radius 3 is 2.29 bits per heavy atom. The van der Waals surface area contributed by atoms with Gasteiger partial charge in [-0.15, -0.1) is 13.2 Å². The molecule has 138 valence electrons. The molecule has 1 aliphatic rings. The van der Waals surface area contributed by atoms with Crippen LogP contribution in [-0.4, -0.2) is 47.1 Å². The van der Waals surface area contributed by atoms with E-state index >= 15 is 0 Å². The SMILES string of the molecule is CC.CCC(c1ccc(OC(F)(F)F)cn1)C1(O)CCN(C)CC1. The Kier molecular flexibility index (Phi) is 7.48. The lowest BCUT2D eigenvalue weighted by atomic mass is 9.76. The highest BCUT2D eigenvalue weighted by Gasteiger charge is 2.39. The van der Waals surface area contributed by atoms with Gasteiger partial charge in [-0.25, -0.2) is 0 Å². The molecule has 0 spiro atoms. The summed E-state index contributed by atoms with van der Waals surface area (Å²) < 4.78 is 40.3. The van der Waals surface area contributed by atoms with Crippen LogP contribution in [0.3, 0.4) is 0 Å². The number of halogens is 3. The van der Waals surface area contributed by atoms with Crippen molar-refractivity contribution in [2.24, 2.45) is 0 Å². The fraction of sp³-hybridized carbons (Fsp3) is 0.706. The molecule has 1 aromatic rings. The van der Waals surface area contributed by atoms with E-state index in [0.29, 0.717) is 25.0 Å². The average Bonchev–Trinajstić information content (AvgIpc) is 2.53. The van der Waals surface area contributed by atoms with E-state index in [1.807, 2.05) is 27.8 Å². The summed E-state index contributed by atoms with van der Waals surface area (Å²) in [6, 6.07) is 2.75. The molecule has 0 saturated carbocycles. The number of piperidine rings is 1. The third-order valence-electron chi connectivity index (χ3n) is 4.26. The Morgan fingerprint density at radius 1 is 1.29 bits per heavy atom. The maximum absolute atomic E-state index is 12.2. The minimum absolute atomic E-state index is 0.193. The van der Waals surface area contributed by atoms with Crippen LogP contribution < -0.4 is 4.74 Å². The van der Waals surface area contributed by atoms with Crippen molar-refractivity contribution >= 4 is 0 Å². The summed E-state index contributed by atoms with van der Waals surface area (Å²) in [5, 5.41) is 10.9. The normalized spacial score (nSPS) is 19.2. The van der Waals surface area contributed by atoms with Gasteiger partial charge < -0.3 is 14.7 Å². The predicted molar refractivity (Wildman–Crippen MR) is 87.0 cm³/mol. The van der Waals surface area contributed by atoms with Crippen molar-refractivity contribution < 1.29 is 23.0 Å². The van der Waals surface area contributed by atoms with Gasteiger partial charge >= 0.3 is 6.36 Å². The lowest BCUT2D eigenvalue weighted by Gasteiger charge is -2.41. The van der Waals surface area contributed by atoms with Crippen molar-refractivity contribution in [1.29, 1.82) is 0 Å². The standard InChI is InChI=1S/C15H21F3N2O2.C2H6/c1-3-12(14(21)6-8-20(2)9-7-14)13-5-4-11(10-19-13)22-15(16,17)18;1-2/h4-5,10,12,21H,3,6-9H2,1-2H3;1-2H3. The number of nitrogens with zero attached hydrogens (tertiary/aromatic N) is 2. The number of aromatic nitrogens is 1. The van der Waals surface area contributed by atoms with Crippen molar-refractivity contribution in [3.8, 4) is 5.75 Å². The van der Waals surface area contributed by atoms with Crippen molar-refractivity contribution in [3.63, 3.8) is 0 Å². The summed E-state index contributed by atoms with van der Waals surface area (Å²) in [7, 11) is 2.00. The molecular formula is C17H27F3N2O2. The Balaban J connectivity index is 0.00000139. The summed E-state index contributed by atoms with van der Waals surface area (Å²) in [5.41, 5.74) is -0.259. The second kappa shape index (κ2) is 8.67. The Bertz CT molecular complexity index is 484. The number of aliphatic hydroxyl groups is 1. The third kappa shape index (κ3) is 5.63. The summed E-state index contributed by atoms with van der Waals surface area (Å²) in [6.45, 7) is 7.54. The molecule has 1 fully saturated rings. The van der Waals surface area contributed by atoms with Gasteiger partial charge in [0, 0.05) is 24.7 Å². The van der Waals surface area contributed by atoms with Crippen LogP contribution >= 0.6 is 0 Å². The van der Waals surface area contributed by atoms with E-state index in [1.54, 1.807) is 0 Å². The predicted octanol–water partition coefficient (Wildman–Crippen LogP) is 3.96. The molecule has 1 N–H and O–H groups in total. The van der Waals surface area contributed by atoms with Gasteiger partial charge in [0.1, 0.15) is 5.75 Å². The molecule has 0 aromatic carbocycles. The monoisotopic (exact) mass is 348 g/mol. The lowest BCUT2D eigenvalue weighted by molar-refractivity contribution is -0.274. The van der Waals surface area contributed by atoms with E-state index in [0.717, 1.165) is 19.3 Å². The smallest absolute Gasteiger partial charge is 0.404 e. The number of ether oxygens (including phenoxy) is 1. The van der Waals surface area contributed by atoms with Crippen LogP contribution in [0.25, 0.3) is 0 Å². The van der Waals surface area contributed by atoms with Gasteiger partial charge in [-0.2, -0.15) is 0 Å². The van der Waals surface area contributed by atoms with Gasteiger partial charge in [-0.1, -0.05) is 20.8 Å². The van der Waals surface area contributed by atoms with Crippen LogP contribution in [0.1, 0.15) is 51.6 Å². The van der Waals surface area contributed by atoms with Gasteiger partial charge in [0.2, 0.25) is 0 Å². The van der Waals surface area contributed by atoms with Gasteiger partial charge in [-0.05, 0) is 38.4 Å². The molecule has 1 atom stereocenters. The van der Waals surface area contributed by atoms with Gasteiger partial charge in [0.05, 0.1) is 11.8 Å². The number of alkyl halides is 3. The molecular weight excluding hydrogens is 321 g/mol. The Labute approximate surface area is 141 Å². The van der Waals surface area contributed by atoms with Crippen LogP contribution in [0.15, 0.2) is 18.3 Å². The van der Waals surface area contributed by atoms with E-state index in [9.17, 15) is 18.3 Å². The van der Waals surface area contributed by atoms with Crippen molar-refractivity contribution in [1.82, 2.24) is 9.88 Å². The molecule has 24 heavy (non-hydrogen) atoms. The first-order chi connectivity index (χ1) is 11.2. The second-order valence-corrected chi connectivity index (χ2v) is 5.83. The molecule has 2 rings (SSSR count). The Hall–Kier alpha value is -1.34. The largest absolute Gasteiger partial charge is 0.573 e. The molecule has 1 unspecified atom stereocenters. The summed E-state index contributed by atoms with van der Waals surface area (Å²) in [5.74, 6) is -0.539. The molecule has 2 heterocycles. The summed E-state index contributed by atoms with van der Waals surface area (Å²) in [4.78, 5) is 6.22. The van der Waals surface area contributed by atoms with Crippen molar-refractivity contribution in [2.45, 2.75) is 57.9 Å². The van der Waals surface area contributed by atoms with E-state index < -0.39 is 12.0 Å². The Morgan fingerprint density at radius 2 is 1.88 bits per heavy atom. The number of hydrogen-bond donors (Lipinski definition) is 1. The highest BCUT2D eigenvalue weighted by Crippen LogP contribution is 2.38. The zero-order valence-corrected chi connectivity index (χ0v) is 14.7. The first-order valence-electron chi connectivity index (χ1n) is 8.36. The van der Waals surface area contributed by atoms with E-state index in [2.05, 4.69) is 14.6 Å². The second-order valence-electron chi connectivity index (χ2n) is 5.83. The first kappa shape index (κ1) is 20.7. The zero-order valence-electron chi connectivity index (χ0n) is 14.7. The van der Waals surface area contributed by atoms with Gasteiger partial charge in [0.15, 0.2) is 0 Å². The van der Waals surface area contributed by atoms with Crippen molar-refractivity contribution in [3.05, 3.63) is 24.0 Å². The average molecular weight is 348 g/mol. The van der Waals surface area contributed by atoms with Crippen LogP contribution in [0.5, 0.6) is 5.75 Å². The fourth-order valence-electron chi connectivity index (χ4n) is 3.01. The minimum atomic E-state index is -4.72. The number of rotatable bonds is 4. The highest BCUT2D eigenvalue weighted by atomic mass is 19.4. The molecule has 4 nitrogen and oxygen atoms in total. The number of pyridine rings is 1. The molecule has 0 bridgehead atoms. The topological polar surface area (TPSA) is 45.6 Å². The fourth-order valence-corrected chi connectivity index (χ4v) is 3.01. The number of likely N-dealkylation sites (tertiary alicyclic amines) is 1. The molecule has 1 aliphatic heterocycles. The summed E-state index contributed by atoms with van der Waals surface area (Å²) in [6.07, 6.45) is -1.73. The van der Waals surface area contributed by atoms with Gasteiger partial charge in [0.25, 0.3) is 0 Å². The van der Waals surface area contributed by atoms with E-state index in [-0.39, 0.29) is 11.7 Å². The van der Waals surface area contributed by atoms with E-state index in [1.165, 1.54) is 12.1 Å². The van der Waals surface area contributed by atoms with Crippen LogP contribution in [0.4, 0.5) is 13.2 Å². The molecule has 0 amide bonds. The van der Waals surface area contributed by atoms with E-state index in [4.69, 9.17) is 0 Å². The molecule has 1 aromatic heterocycles. The van der Waals surface area contributed by atoms with Crippen molar-refractivity contribution in [2.75, 3.05) is 20.1 Å². The lowest BCUT2D eigenvalue weighted by Crippen LogP contribution is -2.46. The molecule has 0 radical (unpaired) electrons. The third-order valence-corrected chi connectivity index (χ3v) is 4.26. The van der Waals surface area contributed by atoms with Crippen LogP contribution in [-0.2, 0) is 0 Å². The summed E-state index contributed by atoms with van der Waals surface area (Å²) >= 11 is 0. The number of hydrogen-bond acceptors (Lipinski definition) is 4. The zero-order chi connectivity index (χ0) is 18.4. The highest BCUT2D eigenvalue weighted by molar-refractivity contribution is 5.24. The molecule has 1 saturated heterocycles. The molecule has 0 aliphatic carbocycles. The maximum atomic E-state index is 12.2. The van der Waals surface area contributed by atoms with Crippen LogP contribution in [0.2, 0.25) is 0 Å². The molecule has 7 heteroatoms.